The van der Waals surface area contributed by atoms with Crippen molar-refractivity contribution in [1.29, 1.82) is 0 Å². The van der Waals surface area contributed by atoms with Crippen LogP contribution in [0.5, 0.6) is 11.5 Å². The Morgan fingerprint density at radius 3 is 2.30 bits per heavy atom. The lowest BCUT2D eigenvalue weighted by Crippen LogP contribution is -2.20. The minimum atomic E-state index is -0.653. The summed E-state index contributed by atoms with van der Waals surface area (Å²) in [6.45, 7) is 3.74. The van der Waals surface area contributed by atoms with Gasteiger partial charge in [0.2, 0.25) is 0 Å². The number of hydrogen-bond acceptors (Lipinski definition) is 7. The molecule has 0 fully saturated rings. The van der Waals surface area contributed by atoms with E-state index in [4.69, 9.17) is 14.2 Å². The maximum absolute atomic E-state index is 12.7. The highest BCUT2D eigenvalue weighted by atomic mass is 35.5. The third-order valence-electron chi connectivity index (χ3n) is 4.75. The summed E-state index contributed by atoms with van der Waals surface area (Å²) in [5.74, 6) is -2.02. The van der Waals surface area contributed by atoms with Gasteiger partial charge in [-0.3, -0.25) is 9.59 Å². The fraction of sp³-hybridized carbons (Fsp3) is 0.318. The number of rotatable bonds is 4. The Kier molecular flexibility index (Phi) is 7.97. The predicted molar refractivity (Wildman–Crippen MR) is 113 cm³/mol. The number of hydrogen-bond donors (Lipinski definition) is 1. The molecule has 1 atom stereocenters. The normalized spacial score (nSPS) is 15.1. The summed E-state index contributed by atoms with van der Waals surface area (Å²) in [6.07, 6.45) is 0.526. The number of carbonyl (C=O) groups is 3. The molecule has 8 heteroatoms. The van der Waals surface area contributed by atoms with E-state index in [1.807, 2.05) is 30.3 Å². The van der Waals surface area contributed by atoms with Gasteiger partial charge in [0.05, 0.1) is 7.11 Å². The lowest BCUT2D eigenvalue weighted by molar-refractivity contribution is -0.134. The topological polar surface area (TPSA) is 90.9 Å². The molecule has 1 N–H and O–H groups in total. The van der Waals surface area contributed by atoms with Crippen LogP contribution in [0.2, 0.25) is 0 Å². The van der Waals surface area contributed by atoms with Crippen LogP contribution in [0.1, 0.15) is 46.8 Å². The van der Waals surface area contributed by atoms with Crippen molar-refractivity contribution in [3.8, 4) is 11.5 Å². The first-order chi connectivity index (χ1) is 13.9. The first-order valence-electron chi connectivity index (χ1n) is 9.33. The number of carbonyl (C=O) groups excluding carboxylic acids is 3. The molecule has 1 unspecified atom stereocenters. The van der Waals surface area contributed by atoms with E-state index < -0.39 is 17.9 Å². The largest absolute Gasteiger partial charge is 0.465 e. The van der Waals surface area contributed by atoms with Crippen molar-refractivity contribution in [3.05, 3.63) is 58.7 Å². The van der Waals surface area contributed by atoms with Gasteiger partial charge in [-0.05, 0) is 35.7 Å². The zero-order chi connectivity index (χ0) is 21.0. The van der Waals surface area contributed by atoms with Crippen molar-refractivity contribution in [2.24, 2.45) is 0 Å². The number of benzene rings is 2. The lowest BCUT2D eigenvalue weighted by Gasteiger charge is -2.23. The standard InChI is InChI=1S/C22H23NO6.ClH/c1-13(24)28-19-11-17-16(20(22(26)27-3)21(19)29-14(2)25)9-10-23-12-18(17)15-7-5-4-6-8-15;/h4-8,11,18,23H,9-10,12H2,1-3H3;1H. The molecule has 1 aliphatic heterocycles. The van der Waals surface area contributed by atoms with E-state index in [1.54, 1.807) is 6.07 Å². The van der Waals surface area contributed by atoms with Gasteiger partial charge in [0.1, 0.15) is 5.56 Å². The molecule has 2 aromatic rings. The summed E-state index contributed by atoms with van der Waals surface area (Å²) in [4.78, 5) is 36.1. The SMILES string of the molecule is COC(=O)c1c2c(cc(OC(C)=O)c1OC(C)=O)C(c1ccccc1)CNCC2.Cl. The molecule has 0 spiro atoms. The predicted octanol–water partition coefficient (Wildman–Crippen LogP) is 3.02. The van der Waals surface area contributed by atoms with Gasteiger partial charge in [0.25, 0.3) is 0 Å². The molecular weight excluding hydrogens is 410 g/mol. The second-order valence-corrected chi connectivity index (χ2v) is 6.74. The van der Waals surface area contributed by atoms with Crippen LogP contribution >= 0.6 is 12.4 Å². The molecule has 1 aliphatic rings. The third-order valence-corrected chi connectivity index (χ3v) is 4.75. The van der Waals surface area contributed by atoms with Crippen LogP contribution in [0, 0.1) is 0 Å². The molecule has 0 aliphatic carbocycles. The number of fused-ring (bicyclic) bond motifs is 1. The average Bonchev–Trinajstić information content (AvgIpc) is 2.90. The van der Waals surface area contributed by atoms with Gasteiger partial charge < -0.3 is 19.5 Å². The molecule has 0 radical (unpaired) electrons. The van der Waals surface area contributed by atoms with Gasteiger partial charge in [-0.15, -0.1) is 12.4 Å². The van der Waals surface area contributed by atoms with E-state index in [-0.39, 0.29) is 35.4 Å². The molecule has 7 nitrogen and oxygen atoms in total. The van der Waals surface area contributed by atoms with E-state index in [0.717, 1.165) is 11.1 Å². The van der Waals surface area contributed by atoms with Crippen LogP contribution in [0.15, 0.2) is 36.4 Å². The quantitative estimate of drug-likeness (QED) is 0.585. The fourth-order valence-corrected chi connectivity index (χ4v) is 3.62. The van der Waals surface area contributed by atoms with Crippen molar-refractivity contribution in [3.63, 3.8) is 0 Å². The Bertz CT molecular complexity index is 944. The van der Waals surface area contributed by atoms with Crippen molar-refractivity contribution < 1.29 is 28.6 Å². The molecule has 160 valence electrons. The maximum atomic E-state index is 12.7. The summed E-state index contributed by atoms with van der Waals surface area (Å²) in [5.41, 5.74) is 2.70. The maximum Gasteiger partial charge on any atom is 0.342 e. The summed E-state index contributed by atoms with van der Waals surface area (Å²) in [7, 11) is 1.26. The molecule has 1 heterocycles. The molecule has 0 saturated carbocycles. The van der Waals surface area contributed by atoms with Crippen molar-refractivity contribution >= 4 is 30.3 Å². The molecule has 0 amide bonds. The van der Waals surface area contributed by atoms with Crippen molar-refractivity contribution in [1.82, 2.24) is 5.32 Å². The highest BCUT2D eigenvalue weighted by Crippen LogP contribution is 2.42. The summed E-state index contributed by atoms with van der Waals surface area (Å²) in [6, 6.07) is 11.5. The second-order valence-electron chi connectivity index (χ2n) is 6.74. The minimum Gasteiger partial charge on any atom is -0.465 e. The van der Waals surface area contributed by atoms with Crippen LogP contribution in [-0.4, -0.2) is 38.1 Å². The Balaban J connectivity index is 0.00000320. The Hall–Kier alpha value is -2.90. The van der Waals surface area contributed by atoms with Gasteiger partial charge in [0.15, 0.2) is 11.5 Å². The van der Waals surface area contributed by atoms with Crippen LogP contribution in [-0.2, 0) is 20.7 Å². The molecule has 2 aromatic carbocycles. The van der Waals surface area contributed by atoms with E-state index in [1.165, 1.54) is 21.0 Å². The zero-order valence-electron chi connectivity index (χ0n) is 17.0. The van der Waals surface area contributed by atoms with Gasteiger partial charge >= 0.3 is 17.9 Å². The van der Waals surface area contributed by atoms with E-state index in [0.29, 0.717) is 25.1 Å². The first-order valence-corrected chi connectivity index (χ1v) is 9.33. The minimum absolute atomic E-state index is 0. The van der Waals surface area contributed by atoms with Gasteiger partial charge in [-0.2, -0.15) is 0 Å². The Morgan fingerprint density at radius 1 is 1.03 bits per heavy atom. The van der Waals surface area contributed by atoms with Crippen molar-refractivity contribution in [2.75, 3.05) is 20.2 Å². The van der Waals surface area contributed by atoms with E-state index in [9.17, 15) is 14.4 Å². The molecule has 0 aromatic heterocycles. The van der Waals surface area contributed by atoms with Crippen molar-refractivity contribution in [2.45, 2.75) is 26.2 Å². The smallest absolute Gasteiger partial charge is 0.342 e. The van der Waals surface area contributed by atoms with E-state index >= 15 is 0 Å². The van der Waals surface area contributed by atoms with E-state index in [2.05, 4.69) is 5.32 Å². The molecule has 0 saturated heterocycles. The number of methoxy groups -OCH3 is 1. The average molecular weight is 434 g/mol. The molecule has 0 bridgehead atoms. The Morgan fingerprint density at radius 2 is 1.70 bits per heavy atom. The summed E-state index contributed by atoms with van der Waals surface area (Å²) in [5, 5.41) is 3.38. The fourth-order valence-electron chi connectivity index (χ4n) is 3.62. The molecule has 3 rings (SSSR count). The number of ether oxygens (including phenoxy) is 3. The monoisotopic (exact) mass is 433 g/mol. The van der Waals surface area contributed by atoms with Gasteiger partial charge in [-0.25, -0.2) is 4.79 Å². The Labute approximate surface area is 181 Å². The third kappa shape index (κ3) is 4.98. The number of nitrogens with one attached hydrogen (secondary N) is 1. The van der Waals surface area contributed by atoms with Crippen LogP contribution < -0.4 is 14.8 Å². The summed E-state index contributed by atoms with van der Waals surface area (Å²) >= 11 is 0. The second kappa shape index (κ2) is 10.2. The molecular formula is C22H24ClNO6. The first kappa shape index (κ1) is 23.4. The van der Waals surface area contributed by atoms with Crippen LogP contribution in [0.4, 0.5) is 0 Å². The molecule has 30 heavy (non-hydrogen) atoms. The number of halogens is 1. The highest BCUT2D eigenvalue weighted by molar-refractivity contribution is 5.97. The lowest BCUT2D eigenvalue weighted by atomic mass is 9.85. The van der Waals surface area contributed by atoms with Crippen LogP contribution in [0.3, 0.4) is 0 Å². The highest BCUT2D eigenvalue weighted by Gasteiger charge is 2.32. The van der Waals surface area contributed by atoms with Gasteiger partial charge in [0, 0.05) is 26.3 Å². The summed E-state index contributed by atoms with van der Waals surface area (Å²) < 4.78 is 15.6. The number of esters is 3. The zero-order valence-corrected chi connectivity index (χ0v) is 17.8. The van der Waals surface area contributed by atoms with Crippen LogP contribution in [0.25, 0.3) is 0 Å². The van der Waals surface area contributed by atoms with Gasteiger partial charge in [-0.1, -0.05) is 30.3 Å².